The van der Waals surface area contributed by atoms with Gasteiger partial charge in [0.25, 0.3) is 0 Å². The number of hydrogen-bond acceptors (Lipinski definition) is 2. The second-order valence-corrected chi connectivity index (χ2v) is 26.4. The lowest BCUT2D eigenvalue weighted by Crippen LogP contribution is -2.38. The number of hydrogen-bond donors (Lipinski definition) is 0. The van der Waals surface area contributed by atoms with Gasteiger partial charge in [0.15, 0.2) is 0 Å². The van der Waals surface area contributed by atoms with Gasteiger partial charge < -0.3 is 9.80 Å². The lowest BCUT2D eigenvalue weighted by atomic mass is 9.62. The number of benzene rings is 15. The zero-order chi connectivity index (χ0) is 62.7. The van der Waals surface area contributed by atoms with Crippen LogP contribution in [-0.2, 0) is 16.2 Å². The molecule has 0 bridgehead atoms. The second-order valence-electron chi connectivity index (χ2n) is 26.4. The van der Waals surface area contributed by atoms with Crippen LogP contribution >= 0.6 is 0 Å². The Kier molecular flexibility index (Phi) is 12.6. The summed E-state index contributed by atoms with van der Waals surface area (Å²) in [6, 6.07) is 133. The van der Waals surface area contributed by atoms with Crippen LogP contribution in [0.5, 0.6) is 0 Å². The fourth-order valence-corrected chi connectivity index (χ4v) is 18.3. The van der Waals surface area contributed by atoms with Gasteiger partial charge in [-0.1, -0.05) is 322 Å². The number of para-hydroxylation sites is 6. The Morgan fingerprint density at radius 3 is 1.01 bits per heavy atom. The number of nitrogens with zero attached hydrogens (tertiary/aromatic N) is 2. The molecule has 4 aliphatic rings. The molecule has 15 aromatic rings. The van der Waals surface area contributed by atoms with Crippen LogP contribution in [0.4, 0.5) is 34.1 Å². The Bertz CT molecular complexity index is 5120. The zero-order valence-corrected chi connectivity index (χ0v) is 52.7. The maximum Gasteiger partial charge on any atom is 0.0742 e. The van der Waals surface area contributed by atoms with E-state index in [0.29, 0.717) is 0 Å². The lowest BCUT2D eigenvalue weighted by molar-refractivity contribution is 0.551. The maximum atomic E-state index is 2.59. The van der Waals surface area contributed by atoms with Gasteiger partial charge in [0.1, 0.15) is 0 Å². The van der Waals surface area contributed by atoms with Crippen molar-refractivity contribution in [3.63, 3.8) is 0 Å². The minimum Gasteiger partial charge on any atom is -0.309 e. The molecule has 448 valence electrons. The Morgan fingerprint density at radius 2 is 0.558 bits per heavy atom. The molecule has 0 saturated heterocycles. The average Bonchev–Trinajstić information content (AvgIpc) is 1.57. The molecule has 2 aliphatic carbocycles. The quantitative estimate of drug-likeness (QED) is 0.133. The van der Waals surface area contributed by atoms with Gasteiger partial charge in [-0.3, -0.25) is 0 Å². The van der Waals surface area contributed by atoms with Crippen molar-refractivity contribution in [3.05, 3.63) is 407 Å². The first-order valence-electron chi connectivity index (χ1n) is 33.8. The molecule has 0 amide bonds. The first kappa shape index (κ1) is 55.1. The summed E-state index contributed by atoms with van der Waals surface area (Å²) >= 11 is 0. The van der Waals surface area contributed by atoms with Gasteiger partial charge in [-0.25, -0.2) is 0 Å². The molecule has 0 atom stereocenters. The Balaban J connectivity index is 0.967. The highest BCUT2D eigenvalue weighted by Crippen LogP contribution is 2.65. The zero-order valence-electron chi connectivity index (χ0n) is 52.7. The van der Waals surface area contributed by atoms with E-state index >= 15 is 0 Å². The summed E-state index contributed by atoms with van der Waals surface area (Å²) in [5, 5.41) is 4.90. The van der Waals surface area contributed by atoms with Gasteiger partial charge in [-0.05, 0) is 166 Å². The standard InChI is InChI=1S/C93H66N2/c1-7-32-63(33-8-1)92(64-34-9-2-10-35-64)81-54-21-23-58-85(81)94(67-40-15-5-16-41-67)89-75(50-30-56-83(89)92)69-45-27-47-72-78(69)62-79-70(46-28-48-73(79)87(72)77-52-29-49-74-71-44-19-20-53-80(71)91(88(74)77)60-25-26-61-91)76-51-31-57-84-90(76)95(68-42-17-6-18-43-68)86-59-24-22-55-82(86)93(84,65-36-11-3-12-37-65)66-38-13-4-14-39-66/h1-24,27-59,62H,25-26,60-61H2. The van der Waals surface area contributed by atoms with E-state index < -0.39 is 10.8 Å². The normalized spacial score (nSPS) is 15.0. The summed E-state index contributed by atoms with van der Waals surface area (Å²) < 4.78 is 0. The molecule has 2 heteroatoms. The third kappa shape index (κ3) is 7.86. The second kappa shape index (κ2) is 21.8. The molecule has 0 unspecified atom stereocenters. The van der Waals surface area contributed by atoms with Crippen LogP contribution in [0.1, 0.15) is 81.3 Å². The number of anilines is 6. The van der Waals surface area contributed by atoms with Crippen molar-refractivity contribution in [2.45, 2.75) is 41.9 Å². The van der Waals surface area contributed by atoms with Gasteiger partial charge in [-0.15, -0.1) is 0 Å². The maximum absolute atomic E-state index is 2.59. The monoisotopic (exact) mass is 1210 g/mol. The predicted molar refractivity (Wildman–Crippen MR) is 396 cm³/mol. The van der Waals surface area contributed by atoms with Gasteiger partial charge in [0, 0.05) is 27.9 Å². The minimum absolute atomic E-state index is 0.104. The van der Waals surface area contributed by atoms with E-state index in [2.05, 4.69) is 362 Å². The molecule has 1 spiro atoms. The molecule has 2 heterocycles. The van der Waals surface area contributed by atoms with Gasteiger partial charge in [0.2, 0.25) is 0 Å². The van der Waals surface area contributed by atoms with Crippen molar-refractivity contribution in [2.24, 2.45) is 0 Å². The number of fused-ring (bicyclic) bond motifs is 11. The highest BCUT2D eigenvalue weighted by Gasteiger charge is 2.51. The summed E-state index contributed by atoms with van der Waals surface area (Å²) in [7, 11) is 0. The van der Waals surface area contributed by atoms with Crippen LogP contribution in [0, 0.1) is 0 Å². The highest BCUT2D eigenvalue weighted by atomic mass is 15.2. The van der Waals surface area contributed by atoms with E-state index in [1.54, 1.807) is 0 Å². The summed E-state index contributed by atoms with van der Waals surface area (Å²) in [5.74, 6) is 0. The minimum atomic E-state index is -0.690. The molecule has 95 heavy (non-hydrogen) atoms. The third-order valence-electron chi connectivity index (χ3n) is 21.9. The van der Waals surface area contributed by atoms with E-state index in [1.807, 2.05) is 0 Å². The van der Waals surface area contributed by atoms with Crippen LogP contribution in [0.15, 0.2) is 352 Å². The van der Waals surface area contributed by atoms with Gasteiger partial charge in [0.05, 0.1) is 33.6 Å². The Hall–Kier alpha value is -11.6. The smallest absolute Gasteiger partial charge is 0.0742 e. The number of rotatable bonds is 9. The molecule has 2 aliphatic heterocycles. The van der Waals surface area contributed by atoms with Crippen molar-refractivity contribution in [3.8, 4) is 44.5 Å². The summed E-state index contributed by atoms with van der Waals surface area (Å²) in [6.07, 6.45) is 4.66. The first-order valence-corrected chi connectivity index (χ1v) is 33.8. The van der Waals surface area contributed by atoms with Crippen LogP contribution in [-0.4, -0.2) is 0 Å². The van der Waals surface area contributed by atoms with Crippen LogP contribution in [0.3, 0.4) is 0 Å². The van der Waals surface area contributed by atoms with E-state index in [0.717, 1.165) is 35.6 Å². The first-order chi connectivity index (χ1) is 47.2. The van der Waals surface area contributed by atoms with Crippen molar-refractivity contribution < 1.29 is 0 Å². The molecule has 1 saturated carbocycles. The molecule has 19 rings (SSSR count). The topological polar surface area (TPSA) is 6.48 Å². The van der Waals surface area contributed by atoms with E-state index in [1.165, 1.54) is 146 Å². The molecule has 0 radical (unpaired) electrons. The van der Waals surface area contributed by atoms with Gasteiger partial charge >= 0.3 is 0 Å². The fourth-order valence-electron chi connectivity index (χ4n) is 18.3. The molecular formula is C93H66N2. The summed E-state index contributed by atoms with van der Waals surface area (Å²) in [4.78, 5) is 5.14. The van der Waals surface area contributed by atoms with E-state index in [9.17, 15) is 0 Å². The lowest BCUT2D eigenvalue weighted by Gasteiger charge is -2.47. The van der Waals surface area contributed by atoms with Crippen molar-refractivity contribution in [1.29, 1.82) is 0 Å². The van der Waals surface area contributed by atoms with Crippen LogP contribution < -0.4 is 9.80 Å². The van der Waals surface area contributed by atoms with Crippen molar-refractivity contribution in [1.82, 2.24) is 0 Å². The SMILES string of the molecule is c1ccc(N2c3ccccc3C(c3ccccc3)(c3ccccc3)c3cccc(-c4cccc5c(-c6cccc7c6C6(CCCC6)c6ccccc6-7)c6cccc(-c7cccc8c7N(c7ccccc7)c7ccccc7C8(c7ccccc7)c7ccccc7)c6cc45)c32)cc1. The molecule has 0 N–H and O–H groups in total. The molecule has 0 aromatic heterocycles. The van der Waals surface area contributed by atoms with Crippen molar-refractivity contribution in [2.75, 3.05) is 9.80 Å². The van der Waals surface area contributed by atoms with Crippen LogP contribution in [0.25, 0.3) is 66.1 Å². The Labute approximate surface area is 556 Å². The summed E-state index contributed by atoms with van der Waals surface area (Å²) in [6.45, 7) is 0. The summed E-state index contributed by atoms with van der Waals surface area (Å²) in [5.41, 5.74) is 28.3. The predicted octanol–water partition coefficient (Wildman–Crippen LogP) is 24.2. The largest absolute Gasteiger partial charge is 0.309 e. The third-order valence-corrected chi connectivity index (χ3v) is 21.9. The van der Waals surface area contributed by atoms with Crippen molar-refractivity contribution >= 4 is 55.7 Å². The molecule has 15 aromatic carbocycles. The van der Waals surface area contributed by atoms with Gasteiger partial charge in [-0.2, -0.15) is 0 Å². The molecule has 2 nitrogen and oxygen atoms in total. The fraction of sp³-hybridized carbons (Fsp3) is 0.0753. The van der Waals surface area contributed by atoms with Crippen LogP contribution in [0.2, 0.25) is 0 Å². The van der Waals surface area contributed by atoms with E-state index in [4.69, 9.17) is 0 Å². The molecular weight excluding hydrogens is 1150 g/mol. The van der Waals surface area contributed by atoms with E-state index in [-0.39, 0.29) is 5.41 Å². The highest BCUT2D eigenvalue weighted by molar-refractivity contribution is 6.21. The average molecular weight is 1210 g/mol. The Morgan fingerprint density at radius 1 is 0.232 bits per heavy atom. The molecule has 1 fully saturated rings.